The van der Waals surface area contributed by atoms with Crippen LogP contribution in [0.5, 0.6) is 0 Å². The third-order valence-corrected chi connectivity index (χ3v) is 5.42. The number of carbonyl (C=O) groups excluding carboxylic acids is 1. The van der Waals surface area contributed by atoms with Crippen LogP contribution in [0.3, 0.4) is 0 Å². The standard InChI is InChI=1S/C20H19Cl2N5O3/c21-15-2-4-18(19(11-15)27(29)30)26-9-7-25(8-10-26)6-5-20(28)24-16-3-1-14(13-23)17(22)12-16/h1-4,11-12H,5-10H2,(H,24,28). The second-order valence-electron chi connectivity index (χ2n) is 6.82. The Bertz CT molecular complexity index is 1000. The molecule has 0 aliphatic carbocycles. The van der Waals surface area contributed by atoms with E-state index in [0.29, 0.717) is 66.1 Å². The number of hydrogen-bond donors (Lipinski definition) is 1. The Morgan fingerprint density at radius 3 is 2.53 bits per heavy atom. The predicted octanol–water partition coefficient (Wildman–Crippen LogP) is 3.92. The van der Waals surface area contributed by atoms with Gasteiger partial charge in [-0.05, 0) is 30.3 Å². The van der Waals surface area contributed by atoms with Crippen LogP contribution in [0.4, 0.5) is 17.1 Å². The quantitative estimate of drug-likeness (QED) is 0.531. The van der Waals surface area contributed by atoms with Crippen molar-refractivity contribution in [1.29, 1.82) is 5.26 Å². The van der Waals surface area contributed by atoms with Gasteiger partial charge in [0.2, 0.25) is 5.91 Å². The van der Waals surface area contributed by atoms with Crippen LogP contribution < -0.4 is 10.2 Å². The molecule has 30 heavy (non-hydrogen) atoms. The van der Waals surface area contributed by atoms with E-state index in [1.54, 1.807) is 30.3 Å². The van der Waals surface area contributed by atoms with Gasteiger partial charge >= 0.3 is 0 Å². The lowest BCUT2D eigenvalue weighted by molar-refractivity contribution is -0.384. The summed E-state index contributed by atoms with van der Waals surface area (Å²) in [6, 6.07) is 11.4. The normalized spacial score (nSPS) is 14.2. The number of carbonyl (C=O) groups is 1. The average molecular weight is 448 g/mol. The first-order valence-corrected chi connectivity index (χ1v) is 10.0. The number of halogens is 2. The van der Waals surface area contributed by atoms with Crippen molar-refractivity contribution in [3.63, 3.8) is 0 Å². The highest BCUT2D eigenvalue weighted by molar-refractivity contribution is 6.32. The maximum Gasteiger partial charge on any atom is 0.294 e. The molecular formula is C20H19Cl2N5O3. The molecule has 1 saturated heterocycles. The summed E-state index contributed by atoms with van der Waals surface area (Å²) in [6.45, 7) is 3.20. The number of rotatable bonds is 6. The van der Waals surface area contributed by atoms with Crippen molar-refractivity contribution in [2.24, 2.45) is 0 Å². The van der Waals surface area contributed by atoms with E-state index >= 15 is 0 Å². The van der Waals surface area contributed by atoms with Crippen molar-refractivity contribution in [3.05, 3.63) is 62.1 Å². The smallest absolute Gasteiger partial charge is 0.294 e. The zero-order valence-electron chi connectivity index (χ0n) is 16.0. The highest BCUT2D eigenvalue weighted by Gasteiger charge is 2.24. The van der Waals surface area contributed by atoms with Crippen LogP contribution in [0.2, 0.25) is 10.0 Å². The van der Waals surface area contributed by atoms with Crippen LogP contribution in [-0.4, -0.2) is 48.5 Å². The number of anilines is 2. The number of piperazine rings is 1. The molecule has 156 valence electrons. The minimum atomic E-state index is -0.423. The molecule has 0 unspecified atom stereocenters. The van der Waals surface area contributed by atoms with Gasteiger partial charge in [0.1, 0.15) is 11.8 Å². The summed E-state index contributed by atoms with van der Waals surface area (Å²) in [5, 5.41) is 23.6. The molecule has 2 aromatic rings. The summed E-state index contributed by atoms with van der Waals surface area (Å²) in [5.74, 6) is -0.147. The van der Waals surface area contributed by atoms with Crippen LogP contribution in [0.25, 0.3) is 0 Å². The van der Waals surface area contributed by atoms with Gasteiger partial charge in [0, 0.05) is 55.9 Å². The summed E-state index contributed by atoms with van der Waals surface area (Å²) >= 11 is 11.9. The Labute approximate surface area is 183 Å². The molecule has 10 heteroatoms. The van der Waals surface area contributed by atoms with Crippen molar-refractivity contribution in [3.8, 4) is 6.07 Å². The SMILES string of the molecule is N#Cc1ccc(NC(=O)CCN2CCN(c3ccc(Cl)cc3[N+](=O)[O-])CC2)cc1Cl. The largest absolute Gasteiger partial charge is 0.363 e. The topological polar surface area (TPSA) is 103 Å². The maximum atomic E-state index is 12.2. The van der Waals surface area contributed by atoms with Crippen molar-refractivity contribution in [2.75, 3.05) is 42.9 Å². The average Bonchev–Trinajstić information content (AvgIpc) is 2.73. The van der Waals surface area contributed by atoms with Gasteiger partial charge in [-0.3, -0.25) is 19.8 Å². The van der Waals surface area contributed by atoms with E-state index in [2.05, 4.69) is 10.2 Å². The van der Waals surface area contributed by atoms with Gasteiger partial charge in [-0.2, -0.15) is 5.26 Å². The first-order valence-electron chi connectivity index (χ1n) is 9.28. The molecule has 1 N–H and O–H groups in total. The fourth-order valence-electron chi connectivity index (χ4n) is 3.29. The first-order chi connectivity index (χ1) is 14.4. The number of nitrogens with zero attached hydrogens (tertiary/aromatic N) is 4. The molecule has 2 aromatic carbocycles. The molecule has 1 fully saturated rings. The number of benzene rings is 2. The van der Waals surface area contributed by atoms with Gasteiger partial charge in [0.05, 0.1) is 15.5 Å². The Kier molecular flexibility index (Phi) is 7.11. The predicted molar refractivity (Wildman–Crippen MR) is 116 cm³/mol. The maximum absolute atomic E-state index is 12.2. The molecule has 8 nitrogen and oxygen atoms in total. The molecule has 1 aliphatic rings. The molecule has 0 bridgehead atoms. The lowest BCUT2D eigenvalue weighted by atomic mass is 10.2. The van der Waals surface area contributed by atoms with Crippen LogP contribution in [-0.2, 0) is 4.79 Å². The monoisotopic (exact) mass is 447 g/mol. The Balaban J connectivity index is 1.49. The van der Waals surface area contributed by atoms with Gasteiger partial charge in [0.15, 0.2) is 0 Å². The van der Waals surface area contributed by atoms with Crippen LogP contribution in [0, 0.1) is 21.4 Å². The third-order valence-electron chi connectivity index (χ3n) is 4.88. The minimum Gasteiger partial charge on any atom is -0.363 e. The van der Waals surface area contributed by atoms with Gasteiger partial charge in [0.25, 0.3) is 5.69 Å². The van der Waals surface area contributed by atoms with Crippen molar-refractivity contribution < 1.29 is 9.72 Å². The summed E-state index contributed by atoms with van der Waals surface area (Å²) < 4.78 is 0. The highest BCUT2D eigenvalue weighted by Crippen LogP contribution is 2.31. The van der Waals surface area contributed by atoms with E-state index in [0.717, 1.165) is 0 Å². The van der Waals surface area contributed by atoms with Crippen LogP contribution in [0.1, 0.15) is 12.0 Å². The first kappa shape index (κ1) is 21.8. The number of nitrogens with one attached hydrogen (secondary N) is 1. The Morgan fingerprint density at radius 2 is 1.90 bits per heavy atom. The lowest BCUT2D eigenvalue weighted by Crippen LogP contribution is -2.47. The second kappa shape index (κ2) is 9.76. The number of nitro groups is 1. The third kappa shape index (κ3) is 5.39. The molecule has 1 heterocycles. The summed E-state index contributed by atoms with van der Waals surface area (Å²) in [4.78, 5) is 27.2. The second-order valence-corrected chi connectivity index (χ2v) is 7.67. The van der Waals surface area contributed by atoms with Gasteiger partial charge in [-0.25, -0.2) is 0 Å². The summed E-state index contributed by atoms with van der Waals surface area (Å²) in [5.41, 5.74) is 1.45. The zero-order valence-corrected chi connectivity index (χ0v) is 17.5. The van der Waals surface area contributed by atoms with Crippen LogP contribution >= 0.6 is 23.2 Å². The summed E-state index contributed by atoms with van der Waals surface area (Å²) in [6.07, 6.45) is 0.304. The number of hydrogen-bond acceptors (Lipinski definition) is 6. The lowest BCUT2D eigenvalue weighted by Gasteiger charge is -2.35. The number of nitriles is 1. The molecular weight excluding hydrogens is 429 g/mol. The zero-order chi connectivity index (χ0) is 21.7. The molecule has 0 radical (unpaired) electrons. The fraction of sp³-hybridized carbons (Fsp3) is 0.300. The van der Waals surface area contributed by atoms with Gasteiger partial charge in [-0.15, -0.1) is 0 Å². The van der Waals surface area contributed by atoms with E-state index in [9.17, 15) is 14.9 Å². The summed E-state index contributed by atoms with van der Waals surface area (Å²) in [7, 11) is 0. The number of amides is 1. The van der Waals surface area contributed by atoms with E-state index in [4.69, 9.17) is 28.5 Å². The van der Waals surface area contributed by atoms with Crippen LogP contribution in [0.15, 0.2) is 36.4 Å². The molecule has 0 aromatic heterocycles. The van der Waals surface area contributed by atoms with Gasteiger partial charge < -0.3 is 10.2 Å². The minimum absolute atomic E-state index is 0.00333. The Hall–Kier alpha value is -2.86. The fourth-order valence-corrected chi connectivity index (χ4v) is 3.68. The van der Waals surface area contributed by atoms with E-state index in [1.807, 2.05) is 11.0 Å². The molecule has 0 saturated carbocycles. The Morgan fingerprint density at radius 1 is 1.17 bits per heavy atom. The van der Waals surface area contributed by atoms with E-state index in [1.165, 1.54) is 6.07 Å². The van der Waals surface area contributed by atoms with Crippen molar-refractivity contribution in [1.82, 2.24) is 4.90 Å². The van der Waals surface area contributed by atoms with Crippen molar-refractivity contribution in [2.45, 2.75) is 6.42 Å². The molecule has 0 spiro atoms. The molecule has 1 amide bonds. The molecule has 1 aliphatic heterocycles. The van der Waals surface area contributed by atoms with E-state index < -0.39 is 4.92 Å². The van der Waals surface area contributed by atoms with E-state index in [-0.39, 0.29) is 11.6 Å². The highest BCUT2D eigenvalue weighted by atomic mass is 35.5. The van der Waals surface area contributed by atoms with Crippen molar-refractivity contribution >= 4 is 46.2 Å². The van der Waals surface area contributed by atoms with Gasteiger partial charge in [-0.1, -0.05) is 23.2 Å². The number of nitro benzene ring substituents is 1. The molecule has 3 rings (SSSR count). The molecule has 0 atom stereocenters.